The number of rotatable bonds is 2. The van der Waals surface area contributed by atoms with E-state index >= 15 is 0 Å². The fourth-order valence-electron chi connectivity index (χ4n) is 1.70. The van der Waals surface area contributed by atoms with E-state index in [0.717, 1.165) is 22.9 Å². The van der Waals surface area contributed by atoms with E-state index in [1.807, 2.05) is 31.2 Å². The van der Waals surface area contributed by atoms with Gasteiger partial charge >= 0.3 is 12.1 Å². The van der Waals surface area contributed by atoms with Gasteiger partial charge in [-0.25, -0.2) is 4.79 Å². The minimum Gasteiger partial charge on any atom is -0.475 e. The normalized spacial score (nSPS) is 12.4. The highest BCUT2D eigenvalue weighted by molar-refractivity contribution is 5.78. The number of H-pyrrole nitrogens is 1. The van der Waals surface area contributed by atoms with Gasteiger partial charge in [0.05, 0.1) is 0 Å². The van der Waals surface area contributed by atoms with Gasteiger partial charge in [-0.15, -0.1) is 0 Å². The topological polar surface area (TPSA) is 96.2 Å². The largest absolute Gasteiger partial charge is 0.490 e. The second-order valence-corrected chi connectivity index (χ2v) is 4.73. The molecule has 1 aromatic heterocycles. The molecule has 22 heavy (non-hydrogen) atoms. The summed E-state index contributed by atoms with van der Waals surface area (Å²) in [5, 5.41) is 8.17. The van der Waals surface area contributed by atoms with Crippen molar-refractivity contribution in [2.24, 2.45) is 5.73 Å². The van der Waals surface area contributed by atoms with Crippen molar-refractivity contribution < 1.29 is 23.1 Å². The maximum absolute atomic E-state index is 11.1. The van der Waals surface area contributed by atoms with Crippen molar-refractivity contribution in [2.45, 2.75) is 25.6 Å². The van der Waals surface area contributed by atoms with Crippen molar-refractivity contribution in [1.29, 1.82) is 0 Å². The van der Waals surface area contributed by atoms with E-state index in [1.165, 1.54) is 6.07 Å². The molecule has 0 aliphatic rings. The number of carbonyl (C=O) groups is 1. The summed E-state index contributed by atoms with van der Waals surface area (Å²) in [6.45, 7) is 1.97. The number of benzene rings is 1. The van der Waals surface area contributed by atoms with Crippen LogP contribution in [-0.4, -0.2) is 28.3 Å². The third kappa shape index (κ3) is 5.57. The van der Waals surface area contributed by atoms with Crippen LogP contribution in [0, 0.1) is 0 Å². The summed E-state index contributed by atoms with van der Waals surface area (Å²) >= 11 is 0. The predicted molar refractivity (Wildman–Crippen MR) is 75.6 cm³/mol. The molecule has 1 unspecified atom stereocenters. The highest BCUT2D eigenvalue weighted by atomic mass is 19.4. The number of aromatic amines is 1. The summed E-state index contributed by atoms with van der Waals surface area (Å²) in [5.74, 6) is -2.76. The van der Waals surface area contributed by atoms with E-state index in [9.17, 15) is 18.0 Å². The first-order valence-corrected chi connectivity index (χ1v) is 6.27. The molecular formula is C14H15F3N2O3. The number of carboxylic acids is 1. The summed E-state index contributed by atoms with van der Waals surface area (Å²) < 4.78 is 31.7. The van der Waals surface area contributed by atoms with Crippen LogP contribution in [0.3, 0.4) is 0 Å². The molecule has 2 aromatic rings. The van der Waals surface area contributed by atoms with Crippen LogP contribution < -0.4 is 11.3 Å². The Balaban J connectivity index is 0.000000295. The summed E-state index contributed by atoms with van der Waals surface area (Å²) in [5.41, 5.74) is 7.69. The number of hydrogen-bond donors (Lipinski definition) is 3. The first-order valence-electron chi connectivity index (χ1n) is 6.27. The first kappa shape index (κ1) is 17.7. The number of pyridine rings is 1. The van der Waals surface area contributed by atoms with Crippen LogP contribution in [-0.2, 0) is 11.2 Å². The molecule has 4 N–H and O–H groups in total. The number of fused-ring (bicyclic) bond motifs is 1. The van der Waals surface area contributed by atoms with Crippen molar-refractivity contribution in [2.75, 3.05) is 0 Å². The molecule has 1 heterocycles. The average Bonchev–Trinajstić information content (AvgIpc) is 2.37. The Kier molecular flexibility index (Phi) is 5.69. The molecule has 0 bridgehead atoms. The Bertz CT molecular complexity index is 708. The van der Waals surface area contributed by atoms with Gasteiger partial charge in [0, 0.05) is 17.6 Å². The summed E-state index contributed by atoms with van der Waals surface area (Å²) in [4.78, 5) is 22.8. The molecular weight excluding hydrogens is 301 g/mol. The Hall–Kier alpha value is -2.35. The molecule has 0 spiro atoms. The van der Waals surface area contributed by atoms with E-state index in [1.54, 1.807) is 0 Å². The van der Waals surface area contributed by atoms with Crippen LogP contribution in [0.5, 0.6) is 0 Å². The fourth-order valence-corrected chi connectivity index (χ4v) is 1.70. The molecule has 0 radical (unpaired) electrons. The minimum atomic E-state index is -5.08. The van der Waals surface area contributed by atoms with Crippen LogP contribution in [0.25, 0.3) is 10.9 Å². The molecule has 120 valence electrons. The van der Waals surface area contributed by atoms with Gasteiger partial charge in [0.1, 0.15) is 0 Å². The average molecular weight is 316 g/mol. The van der Waals surface area contributed by atoms with Crippen LogP contribution in [0.15, 0.2) is 35.1 Å². The van der Waals surface area contributed by atoms with E-state index in [2.05, 4.69) is 4.98 Å². The molecule has 0 fully saturated rings. The Morgan fingerprint density at radius 2 is 1.86 bits per heavy atom. The summed E-state index contributed by atoms with van der Waals surface area (Å²) in [6.07, 6.45) is -4.26. The maximum atomic E-state index is 11.1. The predicted octanol–water partition coefficient (Wildman–Crippen LogP) is 2.05. The van der Waals surface area contributed by atoms with Gasteiger partial charge in [0.25, 0.3) is 0 Å². The third-order valence-electron chi connectivity index (χ3n) is 2.59. The SMILES string of the molecule is CC(N)Cc1ccc2ccc(=O)[nH]c2c1.O=C(O)C(F)(F)F. The molecule has 1 atom stereocenters. The molecule has 0 aliphatic carbocycles. The van der Waals surface area contributed by atoms with Crippen LogP contribution in [0.2, 0.25) is 0 Å². The zero-order valence-corrected chi connectivity index (χ0v) is 11.6. The smallest absolute Gasteiger partial charge is 0.475 e. The molecule has 8 heteroatoms. The lowest BCUT2D eigenvalue weighted by atomic mass is 10.1. The lowest BCUT2D eigenvalue weighted by molar-refractivity contribution is -0.192. The number of aliphatic carboxylic acids is 1. The van der Waals surface area contributed by atoms with Crippen molar-refractivity contribution in [3.8, 4) is 0 Å². The number of aromatic nitrogens is 1. The van der Waals surface area contributed by atoms with Crippen molar-refractivity contribution in [1.82, 2.24) is 4.98 Å². The van der Waals surface area contributed by atoms with Gasteiger partial charge in [-0.1, -0.05) is 12.1 Å². The molecule has 5 nitrogen and oxygen atoms in total. The Morgan fingerprint density at radius 1 is 1.32 bits per heavy atom. The number of nitrogens with one attached hydrogen (secondary N) is 1. The van der Waals surface area contributed by atoms with E-state index in [-0.39, 0.29) is 11.6 Å². The number of carboxylic acid groups (broad SMARTS) is 1. The number of halogens is 3. The first-order chi connectivity index (χ1) is 10.1. The van der Waals surface area contributed by atoms with Crippen LogP contribution >= 0.6 is 0 Å². The molecule has 0 saturated carbocycles. The van der Waals surface area contributed by atoms with Gasteiger partial charge < -0.3 is 15.8 Å². The highest BCUT2D eigenvalue weighted by Crippen LogP contribution is 2.13. The van der Waals surface area contributed by atoms with Crippen molar-refractivity contribution in [3.05, 3.63) is 46.2 Å². The summed E-state index contributed by atoms with van der Waals surface area (Å²) in [6, 6.07) is 9.53. The van der Waals surface area contributed by atoms with Gasteiger partial charge in [-0.2, -0.15) is 13.2 Å². The lowest BCUT2D eigenvalue weighted by Crippen LogP contribution is -2.21. The molecule has 0 saturated heterocycles. The zero-order valence-electron chi connectivity index (χ0n) is 11.6. The minimum absolute atomic E-state index is 0.0690. The lowest BCUT2D eigenvalue weighted by Gasteiger charge is -2.06. The molecule has 0 aliphatic heterocycles. The van der Waals surface area contributed by atoms with E-state index in [4.69, 9.17) is 15.6 Å². The van der Waals surface area contributed by atoms with Crippen LogP contribution in [0.1, 0.15) is 12.5 Å². The van der Waals surface area contributed by atoms with Gasteiger partial charge in [-0.05, 0) is 36.4 Å². The second-order valence-electron chi connectivity index (χ2n) is 4.73. The van der Waals surface area contributed by atoms with Gasteiger partial charge in [0.15, 0.2) is 0 Å². The van der Waals surface area contributed by atoms with E-state index < -0.39 is 12.1 Å². The quantitative estimate of drug-likeness (QED) is 0.790. The standard InChI is InChI=1S/C12H14N2O.C2HF3O2/c1-8(13)6-9-2-3-10-4-5-12(15)14-11(10)7-9;3-2(4,5)1(6)7/h2-5,7-8H,6,13H2,1H3,(H,14,15);(H,6,7). The monoisotopic (exact) mass is 316 g/mol. The Labute approximate surface area is 123 Å². The molecule has 0 amide bonds. The van der Waals surface area contributed by atoms with Gasteiger partial charge in [-0.3, -0.25) is 4.79 Å². The zero-order chi connectivity index (χ0) is 16.9. The fraction of sp³-hybridized carbons (Fsp3) is 0.286. The van der Waals surface area contributed by atoms with E-state index in [0.29, 0.717) is 0 Å². The molecule has 1 aromatic carbocycles. The van der Waals surface area contributed by atoms with Crippen molar-refractivity contribution in [3.63, 3.8) is 0 Å². The number of nitrogens with two attached hydrogens (primary N) is 1. The van der Waals surface area contributed by atoms with Gasteiger partial charge in [0.2, 0.25) is 5.56 Å². The molecule has 2 rings (SSSR count). The third-order valence-corrected chi connectivity index (χ3v) is 2.59. The van der Waals surface area contributed by atoms with Crippen LogP contribution in [0.4, 0.5) is 13.2 Å². The highest BCUT2D eigenvalue weighted by Gasteiger charge is 2.38. The second kappa shape index (κ2) is 7.08. The number of alkyl halides is 3. The number of hydrogen-bond acceptors (Lipinski definition) is 3. The Morgan fingerprint density at radius 3 is 2.36 bits per heavy atom. The van der Waals surface area contributed by atoms with Crippen molar-refractivity contribution >= 4 is 16.9 Å². The maximum Gasteiger partial charge on any atom is 0.490 e. The summed E-state index contributed by atoms with van der Waals surface area (Å²) in [7, 11) is 0.